The fourth-order valence-corrected chi connectivity index (χ4v) is 5.68. The number of Topliss-reactive ketones (excluding diaryl/α,β-unsaturated/α-hetero) is 1. The van der Waals surface area contributed by atoms with Crippen LogP contribution in [0.5, 0.6) is 11.5 Å². The quantitative estimate of drug-likeness (QED) is 0.242. The average molecular weight is 594 g/mol. The van der Waals surface area contributed by atoms with E-state index in [0.717, 1.165) is 22.6 Å². The molecule has 0 aromatic heterocycles. The van der Waals surface area contributed by atoms with Crippen LogP contribution in [-0.4, -0.2) is 23.8 Å². The zero-order chi connectivity index (χ0) is 25.6. The van der Waals surface area contributed by atoms with Gasteiger partial charge in [0.1, 0.15) is 5.78 Å². The van der Waals surface area contributed by atoms with Crippen LogP contribution in [0.4, 0.5) is 11.4 Å². The maximum atomic E-state index is 13.5. The molecule has 6 nitrogen and oxygen atoms in total. The Morgan fingerprint density at radius 3 is 2.53 bits per heavy atom. The minimum atomic E-state index is -0.469. The highest BCUT2D eigenvalue weighted by molar-refractivity contribution is 14.1. The third kappa shape index (κ3) is 4.48. The molecule has 0 radical (unpaired) electrons. The van der Waals surface area contributed by atoms with Crippen molar-refractivity contribution in [1.82, 2.24) is 0 Å². The summed E-state index contributed by atoms with van der Waals surface area (Å²) < 4.78 is 6.04. The molecule has 0 fully saturated rings. The first-order valence-corrected chi connectivity index (χ1v) is 12.8. The van der Waals surface area contributed by atoms with E-state index in [1.807, 2.05) is 50.2 Å². The summed E-state index contributed by atoms with van der Waals surface area (Å²) in [4.78, 5) is 26.7. The van der Waals surface area contributed by atoms with Crippen LogP contribution < -0.4 is 15.4 Å². The van der Waals surface area contributed by atoms with Crippen molar-refractivity contribution in [2.24, 2.45) is 11.3 Å². The number of benzene rings is 3. The molecule has 5 rings (SSSR count). The average Bonchev–Trinajstić information content (AvgIpc) is 3.01. The Balaban J connectivity index is 1.63. The molecule has 3 N–H and O–H groups in total. The number of fused-ring (bicyclic) bond motifs is 2. The van der Waals surface area contributed by atoms with Crippen LogP contribution in [0, 0.1) is 14.9 Å². The molecule has 3 aromatic carbocycles. The third-order valence-corrected chi connectivity index (χ3v) is 7.55. The number of aromatic hydroxyl groups is 1. The second-order valence-electron chi connectivity index (χ2n) is 9.97. The monoisotopic (exact) mass is 594 g/mol. The standard InChI is InChI=1S/C29H27IN2O4/c1-29(2)14-22-25(23(33)15-29)26(18-11-19(30)28(35)24(13-18)36-3)32-20-10-9-17(12-21(20)31-22)27(34)16-7-5-4-6-8-16/h4-14,25-26,31-32,35H,15H2,1-3H3/t25-,26+/m1/s1. The van der Waals surface area contributed by atoms with Crippen LogP contribution in [-0.2, 0) is 4.79 Å². The number of allylic oxidation sites excluding steroid dienone is 1. The number of phenols is 1. The first-order chi connectivity index (χ1) is 17.2. The molecule has 1 aliphatic heterocycles. The van der Waals surface area contributed by atoms with Crippen LogP contribution in [0.25, 0.3) is 0 Å². The van der Waals surface area contributed by atoms with Crippen molar-refractivity contribution in [1.29, 1.82) is 0 Å². The molecule has 184 valence electrons. The van der Waals surface area contributed by atoms with Crippen molar-refractivity contribution in [2.75, 3.05) is 17.7 Å². The van der Waals surface area contributed by atoms with Crippen molar-refractivity contribution in [2.45, 2.75) is 26.3 Å². The maximum Gasteiger partial charge on any atom is 0.193 e. The van der Waals surface area contributed by atoms with Crippen molar-refractivity contribution in [3.8, 4) is 11.5 Å². The van der Waals surface area contributed by atoms with E-state index in [0.29, 0.717) is 26.9 Å². The number of rotatable bonds is 4. The molecule has 2 aliphatic rings. The van der Waals surface area contributed by atoms with Gasteiger partial charge in [-0.1, -0.05) is 50.3 Å². The predicted octanol–water partition coefficient (Wildman–Crippen LogP) is 6.31. The highest BCUT2D eigenvalue weighted by atomic mass is 127. The van der Waals surface area contributed by atoms with Crippen LogP contribution in [0.15, 0.2) is 72.4 Å². The van der Waals surface area contributed by atoms with Gasteiger partial charge in [-0.25, -0.2) is 0 Å². The van der Waals surface area contributed by atoms with E-state index in [1.54, 1.807) is 24.3 Å². The van der Waals surface area contributed by atoms with Gasteiger partial charge in [-0.3, -0.25) is 9.59 Å². The van der Waals surface area contributed by atoms with Gasteiger partial charge in [-0.2, -0.15) is 0 Å². The van der Waals surface area contributed by atoms with Gasteiger partial charge in [-0.15, -0.1) is 0 Å². The first kappa shape index (κ1) is 24.4. The van der Waals surface area contributed by atoms with Crippen LogP contribution in [0.2, 0.25) is 0 Å². The number of ether oxygens (including phenoxy) is 1. The minimum absolute atomic E-state index is 0.0654. The molecule has 0 saturated carbocycles. The highest BCUT2D eigenvalue weighted by Gasteiger charge is 2.42. The number of nitrogens with one attached hydrogen (secondary N) is 2. The number of phenolic OH excluding ortho intramolecular Hbond substituents is 1. The Kier molecular flexibility index (Phi) is 6.28. The van der Waals surface area contributed by atoms with Crippen molar-refractivity contribution >= 4 is 45.5 Å². The van der Waals surface area contributed by atoms with E-state index in [1.165, 1.54) is 7.11 Å². The molecule has 0 bridgehead atoms. The lowest BCUT2D eigenvalue weighted by Crippen LogP contribution is -2.36. The lowest BCUT2D eigenvalue weighted by Gasteiger charge is -2.35. The van der Waals surface area contributed by atoms with Crippen molar-refractivity contribution in [3.05, 3.63) is 92.7 Å². The van der Waals surface area contributed by atoms with Gasteiger partial charge in [0.05, 0.1) is 34.0 Å². The molecular formula is C29H27IN2O4. The Morgan fingerprint density at radius 1 is 1.06 bits per heavy atom. The topological polar surface area (TPSA) is 87.7 Å². The Labute approximate surface area is 223 Å². The number of hydrogen-bond acceptors (Lipinski definition) is 6. The number of carbonyl (C=O) groups excluding carboxylic acids is 2. The largest absolute Gasteiger partial charge is 0.504 e. The summed E-state index contributed by atoms with van der Waals surface area (Å²) in [7, 11) is 1.51. The minimum Gasteiger partial charge on any atom is -0.504 e. The maximum absolute atomic E-state index is 13.5. The highest BCUT2D eigenvalue weighted by Crippen LogP contribution is 2.47. The molecule has 36 heavy (non-hydrogen) atoms. The number of carbonyl (C=O) groups is 2. The molecule has 0 spiro atoms. The van der Waals surface area contributed by atoms with Crippen LogP contribution in [0.1, 0.15) is 47.8 Å². The molecule has 0 saturated heterocycles. The lowest BCUT2D eigenvalue weighted by atomic mass is 9.72. The number of methoxy groups -OCH3 is 1. The smallest absolute Gasteiger partial charge is 0.193 e. The Morgan fingerprint density at radius 2 is 1.81 bits per heavy atom. The lowest BCUT2D eigenvalue weighted by molar-refractivity contribution is -0.124. The van der Waals surface area contributed by atoms with E-state index < -0.39 is 12.0 Å². The molecule has 2 atom stereocenters. The Bertz CT molecular complexity index is 1400. The molecule has 0 unspecified atom stereocenters. The van der Waals surface area contributed by atoms with Gasteiger partial charge in [0.15, 0.2) is 17.3 Å². The fourth-order valence-electron chi connectivity index (χ4n) is 5.06. The number of ketones is 2. The van der Waals surface area contributed by atoms with Gasteiger partial charge in [-0.05, 0) is 63.9 Å². The number of anilines is 2. The summed E-state index contributed by atoms with van der Waals surface area (Å²) in [5, 5.41) is 17.4. The first-order valence-electron chi connectivity index (χ1n) is 11.8. The second-order valence-corrected chi connectivity index (χ2v) is 11.1. The van der Waals surface area contributed by atoms with Gasteiger partial charge >= 0.3 is 0 Å². The van der Waals surface area contributed by atoms with E-state index in [2.05, 4.69) is 39.3 Å². The summed E-state index contributed by atoms with van der Waals surface area (Å²) in [5.41, 5.74) is 4.04. The zero-order valence-electron chi connectivity index (χ0n) is 20.3. The SMILES string of the molecule is COc1cc([C@@H]2Nc3ccc(C(=O)c4ccccc4)cc3NC3=CC(C)(C)CC(=O)[C@@H]32)cc(I)c1O. The summed E-state index contributed by atoms with van der Waals surface area (Å²) in [6.45, 7) is 4.10. The Hall–Kier alpha value is -3.33. The van der Waals surface area contributed by atoms with E-state index in [-0.39, 0.29) is 22.7 Å². The molecule has 3 aromatic rings. The van der Waals surface area contributed by atoms with Gasteiger partial charge in [0, 0.05) is 23.2 Å². The molecule has 1 aliphatic carbocycles. The van der Waals surface area contributed by atoms with E-state index in [4.69, 9.17) is 4.74 Å². The number of halogens is 1. The predicted molar refractivity (Wildman–Crippen MR) is 149 cm³/mol. The summed E-state index contributed by atoms with van der Waals surface area (Å²) in [5.74, 6) is 0.0186. The van der Waals surface area contributed by atoms with Gasteiger partial charge < -0.3 is 20.5 Å². The summed E-state index contributed by atoms with van der Waals surface area (Å²) in [6.07, 6.45) is 2.54. The molecule has 7 heteroatoms. The third-order valence-electron chi connectivity index (χ3n) is 6.73. The molecular weight excluding hydrogens is 567 g/mol. The normalized spacial score (nSPS) is 20.1. The second kappa shape index (κ2) is 9.28. The summed E-state index contributed by atoms with van der Waals surface area (Å²) >= 11 is 2.07. The number of hydrogen-bond donors (Lipinski definition) is 3. The summed E-state index contributed by atoms with van der Waals surface area (Å²) in [6, 6.07) is 18.0. The van der Waals surface area contributed by atoms with E-state index >= 15 is 0 Å². The van der Waals surface area contributed by atoms with Crippen molar-refractivity contribution < 1.29 is 19.4 Å². The molecule has 1 heterocycles. The van der Waals surface area contributed by atoms with E-state index in [9.17, 15) is 14.7 Å². The zero-order valence-corrected chi connectivity index (χ0v) is 22.4. The van der Waals surface area contributed by atoms with Crippen molar-refractivity contribution in [3.63, 3.8) is 0 Å². The fraction of sp³-hybridized carbons (Fsp3) is 0.241. The van der Waals surface area contributed by atoms with Gasteiger partial charge in [0.25, 0.3) is 0 Å². The molecule has 0 amide bonds. The van der Waals surface area contributed by atoms with Gasteiger partial charge in [0.2, 0.25) is 0 Å². The van der Waals surface area contributed by atoms with Crippen LogP contribution in [0.3, 0.4) is 0 Å². The van der Waals surface area contributed by atoms with Crippen LogP contribution >= 0.6 is 22.6 Å².